The number of nitrogens with zero attached hydrogens (tertiary/aromatic N) is 4. The van der Waals surface area contributed by atoms with Crippen molar-refractivity contribution < 1.29 is 13.9 Å². The average Bonchev–Trinajstić information content (AvgIpc) is 3.61. The zero-order valence-corrected chi connectivity index (χ0v) is 21.9. The molecule has 5 aromatic heterocycles. The van der Waals surface area contributed by atoms with Gasteiger partial charge in [0, 0.05) is 52.1 Å². The van der Waals surface area contributed by atoms with Crippen LogP contribution in [-0.2, 0) is 0 Å². The first-order valence-electron chi connectivity index (χ1n) is 13.4. The molecule has 200 valence electrons. The first kappa shape index (κ1) is 24.3. The first-order chi connectivity index (χ1) is 19.6. The molecule has 1 aliphatic carbocycles. The van der Waals surface area contributed by atoms with E-state index in [0.29, 0.717) is 17.0 Å². The van der Waals surface area contributed by atoms with Crippen LogP contribution in [-0.4, -0.2) is 43.3 Å². The van der Waals surface area contributed by atoms with E-state index in [2.05, 4.69) is 36.2 Å². The summed E-state index contributed by atoms with van der Waals surface area (Å²) in [6, 6.07) is 10.7. The molecule has 0 unspecified atom stereocenters. The van der Waals surface area contributed by atoms with Gasteiger partial charge in [-0.15, -0.1) is 0 Å². The van der Waals surface area contributed by atoms with Crippen molar-refractivity contribution in [2.75, 3.05) is 7.11 Å². The number of methoxy groups -OCH3 is 1. The monoisotopic (exact) mass is 534 g/mol. The fraction of sp³-hybridized carbons (Fsp3) is 0.226. The smallest absolute Gasteiger partial charge is 0.181 e. The Morgan fingerprint density at radius 1 is 0.800 bits per heavy atom. The van der Waals surface area contributed by atoms with Gasteiger partial charge < -0.3 is 14.5 Å². The number of aromatic amines is 2. The number of rotatable bonds is 6. The van der Waals surface area contributed by atoms with Crippen LogP contribution in [0.15, 0.2) is 67.4 Å². The molecule has 0 amide bonds. The van der Waals surface area contributed by atoms with Crippen molar-refractivity contribution in [3.05, 3.63) is 73.2 Å². The molecule has 40 heavy (non-hydrogen) atoms. The van der Waals surface area contributed by atoms with Crippen molar-refractivity contribution in [3.63, 3.8) is 0 Å². The minimum atomic E-state index is -0.372. The standard InChI is InChI=1S/C31H27FN6O2/c1-39-23-8-18(7-21(32)11-23)27-16-34-17-29-25(27)12-28(36-29)30-26-10-20(14-35-31(26)38-37-30)19-9-24(15-33-13-19)40-22-5-3-2-4-6-22/h7-17,22,36H,2-6H2,1H3,(H,35,37,38). The maximum atomic E-state index is 14.3. The molecule has 8 nitrogen and oxygen atoms in total. The molecular weight excluding hydrogens is 507 g/mol. The van der Waals surface area contributed by atoms with Crippen LogP contribution in [0.5, 0.6) is 11.5 Å². The number of hydrogen-bond acceptors (Lipinski definition) is 6. The van der Waals surface area contributed by atoms with Crippen LogP contribution in [0.1, 0.15) is 32.1 Å². The van der Waals surface area contributed by atoms with E-state index in [9.17, 15) is 4.39 Å². The molecule has 0 spiro atoms. The van der Waals surface area contributed by atoms with E-state index in [0.717, 1.165) is 63.0 Å². The van der Waals surface area contributed by atoms with Crippen molar-refractivity contribution in [1.82, 2.24) is 30.1 Å². The number of hydrogen-bond donors (Lipinski definition) is 2. The van der Waals surface area contributed by atoms with Crippen LogP contribution >= 0.6 is 0 Å². The van der Waals surface area contributed by atoms with E-state index < -0.39 is 0 Å². The maximum Gasteiger partial charge on any atom is 0.181 e. The molecule has 1 aromatic carbocycles. The van der Waals surface area contributed by atoms with Crippen LogP contribution in [0, 0.1) is 5.82 Å². The Bertz CT molecular complexity index is 1840. The lowest BCUT2D eigenvalue weighted by atomic mass is 9.98. The fourth-order valence-corrected chi connectivity index (χ4v) is 5.53. The molecule has 9 heteroatoms. The van der Waals surface area contributed by atoms with Crippen LogP contribution in [0.4, 0.5) is 4.39 Å². The molecule has 2 N–H and O–H groups in total. The van der Waals surface area contributed by atoms with E-state index in [1.165, 1.54) is 38.5 Å². The maximum absolute atomic E-state index is 14.3. The summed E-state index contributed by atoms with van der Waals surface area (Å²) in [4.78, 5) is 16.9. The molecular formula is C31H27FN6O2. The van der Waals surface area contributed by atoms with Gasteiger partial charge >= 0.3 is 0 Å². The lowest BCUT2D eigenvalue weighted by Crippen LogP contribution is -2.19. The van der Waals surface area contributed by atoms with Crippen molar-refractivity contribution in [1.29, 1.82) is 0 Å². The highest BCUT2D eigenvalue weighted by Gasteiger charge is 2.18. The van der Waals surface area contributed by atoms with E-state index >= 15 is 0 Å². The van der Waals surface area contributed by atoms with E-state index in [1.54, 1.807) is 30.9 Å². The van der Waals surface area contributed by atoms with E-state index in [4.69, 9.17) is 9.47 Å². The molecule has 0 atom stereocenters. The molecule has 5 heterocycles. The predicted molar refractivity (Wildman–Crippen MR) is 152 cm³/mol. The Kier molecular flexibility index (Phi) is 6.11. The number of pyridine rings is 3. The molecule has 0 saturated heterocycles. The lowest BCUT2D eigenvalue weighted by Gasteiger charge is -2.23. The highest BCUT2D eigenvalue weighted by molar-refractivity contribution is 6.00. The van der Waals surface area contributed by atoms with Gasteiger partial charge in [-0.2, -0.15) is 5.10 Å². The average molecular weight is 535 g/mol. The Morgan fingerprint density at radius 2 is 1.62 bits per heavy atom. The van der Waals surface area contributed by atoms with Crippen molar-refractivity contribution in [2.24, 2.45) is 0 Å². The van der Waals surface area contributed by atoms with Crippen molar-refractivity contribution in [3.8, 4) is 45.1 Å². The molecule has 1 fully saturated rings. The van der Waals surface area contributed by atoms with Gasteiger partial charge in [0.2, 0.25) is 0 Å². The lowest BCUT2D eigenvalue weighted by molar-refractivity contribution is 0.154. The number of aromatic nitrogens is 6. The molecule has 0 radical (unpaired) electrons. The van der Waals surface area contributed by atoms with Gasteiger partial charge in [-0.05, 0) is 61.6 Å². The summed E-state index contributed by atoms with van der Waals surface area (Å²) in [6.45, 7) is 0. The summed E-state index contributed by atoms with van der Waals surface area (Å²) >= 11 is 0. The van der Waals surface area contributed by atoms with Gasteiger partial charge in [-0.1, -0.05) is 6.42 Å². The van der Waals surface area contributed by atoms with Crippen LogP contribution in [0.25, 0.3) is 55.6 Å². The number of H-pyrrole nitrogens is 2. The van der Waals surface area contributed by atoms with Crippen LogP contribution in [0.2, 0.25) is 0 Å². The third-order valence-corrected chi connectivity index (χ3v) is 7.54. The zero-order chi connectivity index (χ0) is 27.1. The third-order valence-electron chi connectivity index (χ3n) is 7.54. The number of benzene rings is 1. The highest BCUT2D eigenvalue weighted by Crippen LogP contribution is 2.36. The van der Waals surface area contributed by atoms with Gasteiger partial charge in [-0.3, -0.25) is 15.1 Å². The van der Waals surface area contributed by atoms with Crippen molar-refractivity contribution in [2.45, 2.75) is 38.2 Å². The van der Waals surface area contributed by atoms with Crippen LogP contribution in [0.3, 0.4) is 0 Å². The third kappa shape index (κ3) is 4.53. The Balaban J connectivity index is 1.26. The summed E-state index contributed by atoms with van der Waals surface area (Å²) < 4.78 is 25.8. The Labute approximate surface area is 229 Å². The van der Waals surface area contributed by atoms with Gasteiger partial charge in [0.05, 0.1) is 42.5 Å². The number of fused-ring (bicyclic) bond motifs is 2. The molecule has 0 bridgehead atoms. The van der Waals surface area contributed by atoms with Gasteiger partial charge in [0.1, 0.15) is 17.3 Å². The molecule has 7 rings (SSSR count). The second-order valence-electron chi connectivity index (χ2n) is 10.2. The summed E-state index contributed by atoms with van der Waals surface area (Å²) in [5, 5.41) is 9.34. The number of nitrogens with one attached hydrogen (secondary N) is 2. The molecule has 0 aliphatic heterocycles. The van der Waals surface area contributed by atoms with Gasteiger partial charge in [0.15, 0.2) is 5.65 Å². The minimum Gasteiger partial charge on any atom is -0.497 e. The predicted octanol–water partition coefficient (Wildman–Crippen LogP) is 7.09. The topological polar surface area (TPSA) is 102 Å². The molecule has 1 saturated carbocycles. The highest BCUT2D eigenvalue weighted by atomic mass is 19.1. The van der Waals surface area contributed by atoms with Gasteiger partial charge in [0.25, 0.3) is 0 Å². The summed E-state index contributed by atoms with van der Waals surface area (Å²) in [5.74, 6) is 0.855. The number of ether oxygens (including phenoxy) is 2. The SMILES string of the molecule is COc1cc(F)cc(-c2cncc3[nH]c(-c4[nH]nc5ncc(-c6cncc(OC7CCCCC7)c6)cc45)cc23)c1. The normalized spacial score (nSPS) is 14.2. The van der Waals surface area contributed by atoms with Gasteiger partial charge in [-0.25, -0.2) is 9.37 Å². The second-order valence-corrected chi connectivity index (χ2v) is 10.2. The Hall–Kier alpha value is -4.79. The Morgan fingerprint density at radius 3 is 2.50 bits per heavy atom. The van der Waals surface area contributed by atoms with Crippen LogP contribution < -0.4 is 9.47 Å². The molecule has 1 aliphatic rings. The quantitative estimate of drug-likeness (QED) is 0.237. The van der Waals surface area contributed by atoms with Crippen molar-refractivity contribution >= 4 is 21.9 Å². The summed E-state index contributed by atoms with van der Waals surface area (Å²) in [6.07, 6.45) is 15.0. The summed E-state index contributed by atoms with van der Waals surface area (Å²) in [5.41, 5.74) is 6.36. The summed E-state index contributed by atoms with van der Waals surface area (Å²) in [7, 11) is 1.52. The largest absolute Gasteiger partial charge is 0.497 e. The minimum absolute atomic E-state index is 0.252. The fourth-order valence-electron chi connectivity index (χ4n) is 5.53. The van der Waals surface area contributed by atoms with E-state index in [1.807, 2.05) is 18.3 Å². The number of halogens is 1. The zero-order valence-electron chi connectivity index (χ0n) is 21.9. The first-order valence-corrected chi connectivity index (χ1v) is 13.4. The molecule has 6 aromatic rings. The second kappa shape index (κ2) is 10.1. The van der Waals surface area contributed by atoms with E-state index in [-0.39, 0.29) is 11.9 Å².